The Morgan fingerprint density at radius 1 is 1.39 bits per heavy atom. The molecule has 0 aliphatic heterocycles. The Kier molecular flexibility index (Phi) is 4.02. The van der Waals surface area contributed by atoms with Crippen molar-refractivity contribution in [1.82, 2.24) is 0 Å². The van der Waals surface area contributed by atoms with Crippen molar-refractivity contribution >= 4 is 5.78 Å². The molecule has 18 heavy (non-hydrogen) atoms. The number of phenols is 1. The number of carbonyl (C=O) groups is 1. The fourth-order valence-electron chi connectivity index (χ4n) is 2.38. The van der Waals surface area contributed by atoms with Crippen molar-refractivity contribution in [3.63, 3.8) is 0 Å². The fourth-order valence-corrected chi connectivity index (χ4v) is 2.38. The SMILES string of the molecule is CCC[C@@H](O)[C@@H](C(=O)C1CC1)c1ccccc1O. The lowest BCUT2D eigenvalue weighted by Crippen LogP contribution is -2.27. The first-order valence-corrected chi connectivity index (χ1v) is 6.64. The Balaban J connectivity index is 2.29. The van der Waals surface area contributed by atoms with Crippen molar-refractivity contribution in [2.75, 3.05) is 0 Å². The molecule has 1 fully saturated rings. The van der Waals surface area contributed by atoms with Gasteiger partial charge in [-0.3, -0.25) is 4.79 Å². The second-order valence-corrected chi connectivity index (χ2v) is 5.07. The van der Waals surface area contributed by atoms with Gasteiger partial charge < -0.3 is 10.2 Å². The van der Waals surface area contributed by atoms with Gasteiger partial charge in [0, 0.05) is 11.5 Å². The van der Waals surface area contributed by atoms with E-state index in [9.17, 15) is 15.0 Å². The molecule has 0 amide bonds. The number of Topliss-reactive ketones (excluding diaryl/α,β-unsaturated/α-hetero) is 1. The molecule has 1 aromatic rings. The molecule has 1 aliphatic carbocycles. The zero-order valence-electron chi connectivity index (χ0n) is 10.7. The van der Waals surface area contributed by atoms with E-state index in [0.717, 1.165) is 19.3 Å². The number of phenolic OH excluding ortho intramolecular Hbond substituents is 1. The first kappa shape index (κ1) is 13.1. The van der Waals surface area contributed by atoms with Gasteiger partial charge >= 0.3 is 0 Å². The highest BCUT2D eigenvalue weighted by Gasteiger charge is 2.39. The van der Waals surface area contributed by atoms with Gasteiger partial charge in [0.1, 0.15) is 11.5 Å². The second-order valence-electron chi connectivity index (χ2n) is 5.07. The summed E-state index contributed by atoms with van der Waals surface area (Å²) >= 11 is 0. The monoisotopic (exact) mass is 248 g/mol. The van der Waals surface area contributed by atoms with Crippen LogP contribution in [0.1, 0.15) is 44.1 Å². The number of hydrogen-bond donors (Lipinski definition) is 2. The van der Waals surface area contributed by atoms with Crippen molar-refractivity contribution < 1.29 is 15.0 Å². The molecule has 0 saturated heterocycles. The molecular weight excluding hydrogens is 228 g/mol. The van der Waals surface area contributed by atoms with E-state index in [4.69, 9.17) is 0 Å². The number of aromatic hydroxyl groups is 1. The van der Waals surface area contributed by atoms with E-state index in [1.807, 2.05) is 6.92 Å². The van der Waals surface area contributed by atoms with Gasteiger partial charge in [-0.1, -0.05) is 31.5 Å². The standard InChI is InChI=1S/C15H20O3/c1-2-5-13(17)14(15(18)10-8-9-10)11-6-3-4-7-12(11)16/h3-4,6-7,10,13-14,16-17H,2,5,8-9H2,1H3/t13-,14+/m1/s1. The van der Waals surface area contributed by atoms with Gasteiger partial charge in [-0.25, -0.2) is 0 Å². The number of carbonyl (C=O) groups excluding carboxylic acids is 1. The van der Waals surface area contributed by atoms with Crippen LogP contribution in [0.2, 0.25) is 0 Å². The van der Waals surface area contributed by atoms with Crippen molar-refractivity contribution in [3.8, 4) is 5.75 Å². The second kappa shape index (κ2) is 5.53. The molecule has 1 aliphatic rings. The van der Waals surface area contributed by atoms with E-state index in [2.05, 4.69) is 0 Å². The molecule has 0 spiro atoms. The topological polar surface area (TPSA) is 57.5 Å². The lowest BCUT2D eigenvalue weighted by Gasteiger charge is -2.22. The number of benzene rings is 1. The highest BCUT2D eigenvalue weighted by molar-refractivity contribution is 5.90. The number of hydrogen-bond acceptors (Lipinski definition) is 3. The van der Waals surface area contributed by atoms with Crippen LogP contribution in [0.4, 0.5) is 0 Å². The summed E-state index contributed by atoms with van der Waals surface area (Å²) in [4.78, 5) is 12.3. The molecule has 0 aromatic heterocycles. The van der Waals surface area contributed by atoms with Crippen LogP contribution in [0.25, 0.3) is 0 Å². The van der Waals surface area contributed by atoms with Gasteiger partial charge in [-0.05, 0) is 25.3 Å². The van der Waals surface area contributed by atoms with E-state index in [1.165, 1.54) is 0 Å². The molecule has 0 radical (unpaired) electrons. The summed E-state index contributed by atoms with van der Waals surface area (Å²) in [5.74, 6) is -0.302. The van der Waals surface area contributed by atoms with E-state index < -0.39 is 12.0 Å². The Labute approximate surface area is 107 Å². The predicted octanol–water partition coefficient (Wildman–Crippen LogP) is 2.62. The zero-order valence-corrected chi connectivity index (χ0v) is 10.7. The fraction of sp³-hybridized carbons (Fsp3) is 0.533. The minimum Gasteiger partial charge on any atom is -0.508 e. The van der Waals surface area contributed by atoms with Crippen LogP contribution < -0.4 is 0 Å². The number of aliphatic hydroxyl groups is 1. The van der Waals surface area contributed by atoms with Crippen LogP contribution >= 0.6 is 0 Å². The summed E-state index contributed by atoms with van der Waals surface area (Å²) in [7, 11) is 0. The molecule has 98 valence electrons. The van der Waals surface area contributed by atoms with Gasteiger partial charge in [0.2, 0.25) is 0 Å². The summed E-state index contributed by atoms with van der Waals surface area (Å²) in [6, 6.07) is 6.82. The van der Waals surface area contributed by atoms with Crippen molar-refractivity contribution in [3.05, 3.63) is 29.8 Å². The Hall–Kier alpha value is -1.35. The van der Waals surface area contributed by atoms with Gasteiger partial charge in [0.05, 0.1) is 12.0 Å². The third kappa shape index (κ3) is 2.72. The maximum atomic E-state index is 12.3. The minimum absolute atomic E-state index is 0.0810. The highest BCUT2D eigenvalue weighted by Crippen LogP contribution is 2.39. The lowest BCUT2D eigenvalue weighted by atomic mass is 9.85. The first-order valence-electron chi connectivity index (χ1n) is 6.64. The Bertz CT molecular complexity index is 424. The van der Waals surface area contributed by atoms with Crippen molar-refractivity contribution in [2.24, 2.45) is 5.92 Å². The van der Waals surface area contributed by atoms with Crippen LogP contribution in [0.5, 0.6) is 5.75 Å². The van der Waals surface area contributed by atoms with E-state index in [1.54, 1.807) is 24.3 Å². The summed E-state index contributed by atoms with van der Waals surface area (Å²) in [5.41, 5.74) is 0.565. The van der Waals surface area contributed by atoms with Crippen LogP contribution in [0.3, 0.4) is 0 Å². The maximum absolute atomic E-state index is 12.3. The molecule has 0 unspecified atom stereocenters. The van der Waals surface area contributed by atoms with Gasteiger partial charge in [-0.2, -0.15) is 0 Å². The number of ketones is 1. The summed E-state index contributed by atoms with van der Waals surface area (Å²) in [5, 5.41) is 20.1. The largest absolute Gasteiger partial charge is 0.508 e. The van der Waals surface area contributed by atoms with Crippen LogP contribution in [0.15, 0.2) is 24.3 Å². The molecule has 2 atom stereocenters. The van der Waals surface area contributed by atoms with Gasteiger partial charge in [0.15, 0.2) is 0 Å². The lowest BCUT2D eigenvalue weighted by molar-refractivity contribution is -0.124. The van der Waals surface area contributed by atoms with Crippen LogP contribution in [-0.4, -0.2) is 22.1 Å². The predicted molar refractivity (Wildman–Crippen MR) is 69.5 cm³/mol. The average Bonchev–Trinajstić information content (AvgIpc) is 3.16. The molecule has 2 rings (SSSR count). The molecule has 3 heteroatoms. The third-order valence-electron chi connectivity index (χ3n) is 3.53. The van der Waals surface area contributed by atoms with Gasteiger partial charge in [0.25, 0.3) is 0 Å². The average molecular weight is 248 g/mol. The number of rotatable bonds is 6. The zero-order chi connectivity index (χ0) is 13.1. The van der Waals surface area contributed by atoms with Crippen molar-refractivity contribution in [2.45, 2.75) is 44.6 Å². The van der Waals surface area contributed by atoms with E-state index in [-0.39, 0.29) is 17.5 Å². The Morgan fingerprint density at radius 2 is 2.06 bits per heavy atom. The first-order chi connectivity index (χ1) is 8.65. The maximum Gasteiger partial charge on any atom is 0.146 e. The molecule has 1 saturated carbocycles. The number of aliphatic hydroxyl groups excluding tert-OH is 1. The highest BCUT2D eigenvalue weighted by atomic mass is 16.3. The van der Waals surface area contributed by atoms with E-state index in [0.29, 0.717) is 12.0 Å². The quantitative estimate of drug-likeness (QED) is 0.813. The third-order valence-corrected chi connectivity index (χ3v) is 3.53. The summed E-state index contributed by atoms with van der Waals surface area (Å²) < 4.78 is 0. The van der Waals surface area contributed by atoms with Crippen molar-refractivity contribution in [1.29, 1.82) is 0 Å². The molecule has 3 nitrogen and oxygen atoms in total. The smallest absolute Gasteiger partial charge is 0.146 e. The molecule has 0 bridgehead atoms. The normalized spacial score (nSPS) is 18.3. The molecule has 1 aromatic carbocycles. The molecular formula is C15H20O3. The summed E-state index contributed by atoms with van der Waals surface area (Å²) in [6.07, 6.45) is 2.54. The van der Waals surface area contributed by atoms with Crippen LogP contribution in [0, 0.1) is 5.92 Å². The number of para-hydroxylation sites is 1. The van der Waals surface area contributed by atoms with Crippen LogP contribution in [-0.2, 0) is 4.79 Å². The van der Waals surface area contributed by atoms with E-state index >= 15 is 0 Å². The minimum atomic E-state index is -0.698. The summed E-state index contributed by atoms with van der Waals surface area (Å²) in [6.45, 7) is 1.98. The Morgan fingerprint density at radius 3 is 2.61 bits per heavy atom. The van der Waals surface area contributed by atoms with Gasteiger partial charge in [-0.15, -0.1) is 0 Å². The molecule has 0 heterocycles. The molecule has 2 N–H and O–H groups in total.